The van der Waals surface area contributed by atoms with Crippen molar-refractivity contribution in [3.63, 3.8) is 0 Å². The van der Waals surface area contributed by atoms with E-state index in [-0.39, 0.29) is 35.8 Å². The number of ether oxygens (including phenoxy) is 1. The maximum Gasteiger partial charge on any atom is 0.191 e. The number of rotatable bonds is 8. The molecule has 0 heterocycles. The minimum absolute atomic E-state index is 0. The Kier molecular flexibility index (Phi) is 11.2. The molecule has 0 spiro atoms. The Morgan fingerprint density at radius 3 is 2.52 bits per heavy atom. The summed E-state index contributed by atoms with van der Waals surface area (Å²) in [7, 11) is 0.101. The average Bonchev–Trinajstić information content (AvgIpc) is 2.51. The molecular weight excluding hydrogens is 429 g/mol. The highest BCUT2D eigenvalue weighted by atomic mass is 127. The summed E-state index contributed by atoms with van der Waals surface area (Å²) in [4.78, 5) is 4.46. The molecule has 1 rings (SSSR count). The normalized spacial score (nSPS) is 13.1. The van der Waals surface area contributed by atoms with Gasteiger partial charge in [-0.2, -0.15) is 0 Å². The first-order valence-corrected chi connectivity index (χ1v) is 8.88. The lowest BCUT2D eigenvalue weighted by atomic mass is 10.4. The van der Waals surface area contributed by atoms with Crippen LogP contribution in [0.5, 0.6) is 0 Å². The molecule has 0 aromatic heterocycles. The van der Waals surface area contributed by atoms with Crippen LogP contribution in [0.25, 0.3) is 0 Å². The number of guanidine groups is 1. The van der Waals surface area contributed by atoms with Crippen molar-refractivity contribution in [3.8, 4) is 0 Å². The topological polar surface area (TPSA) is 79.8 Å². The van der Waals surface area contributed by atoms with Crippen LogP contribution in [0.3, 0.4) is 0 Å². The zero-order valence-electron chi connectivity index (χ0n) is 13.8. The van der Waals surface area contributed by atoms with Crippen molar-refractivity contribution in [2.75, 3.05) is 33.1 Å². The van der Waals surface area contributed by atoms with Gasteiger partial charge in [0.05, 0.1) is 17.3 Å². The summed E-state index contributed by atoms with van der Waals surface area (Å²) in [6.07, 6.45) is 0.511. The molecule has 0 amide bonds. The smallest absolute Gasteiger partial charge is 0.191 e. The molecule has 0 radical (unpaired) electrons. The van der Waals surface area contributed by atoms with Crippen LogP contribution in [0, 0.1) is 0 Å². The second kappa shape index (κ2) is 11.6. The molecule has 6 nitrogen and oxygen atoms in total. The first-order chi connectivity index (χ1) is 10.5. The fraction of sp³-hybridized carbons (Fsp3) is 0.533. The van der Waals surface area contributed by atoms with Crippen LogP contribution in [0.4, 0.5) is 0 Å². The number of hydrogen-bond acceptors (Lipinski definition) is 4. The lowest BCUT2D eigenvalue weighted by Crippen LogP contribution is -2.44. The zero-order valence-corrected chi connectivity index (χ0v) is 16.9. The quantitative estimate of drug-likeness (QED) is 0.270. The van der Waals surface area contributed by atoms with Crippen molar-refractivity contribution in [3.05, 3.63) is 30.3 Å². The van der Waals surface area contributed by atoms with Crippen LogP contribution in [0.2, 0.25) is 0 Å². The summed E-state index contributed by atoms with van der Waals surface area (Å²) >= 11 is 0. The second-order valence-electron chi connectivity index (χ2n) is 4.99. The lowest BCUT2D eigenvalue weighted by molar-refractivity contribution is 0.179. The molecule has 0 saturated carbocycles. The van der Waals surface area contributed by atoms with Crippen LogP contribution in [0.15, 0.2) is 40.2 Å². The number of halogens is 1. The molecule has 23 heavy (non-hydrogen) atoms. The number of hydrogen-bond donors (Lipinski definition) is 2. The van der Waals surface area contributed by atoms with Gasteiger partial charge in [-0.1, -0.05) is 18.2 Å². The van der Waals surface area contributed by atoms with Gasteiger partial charge in [0.25, 0.3) is 0 Å². The highest BCUT2D eigenvalue weighted by molar-refractivity contribution is 14.0. The average molecular weight is 455 g/mol. The third-order valence-corrected chi connectivity index (χ3v) is 4.82. The molecule has 0 aliphatic carbocycles. The Morgan fingerprint density at radius 1 is 1.30 bits per heavy atom. The van der Waals surface area contributed by atoms with Gasteiger partial charge in [0.2, 0.25) is 0 Å². The fourth-order valence-corrected chi connectivity index (χ4v) is 3.27. The number of nitrogens with zero attached hydrogens (tertiary/aromatic N) is 1. The second-order valence-corrected chi connectivity index (χ2v) is 7.09. The van der Waals surface area contributed by atoms with Gasteiger partial charge in [0, 0.05) is 26.7 Å². The highest BCUT2D eigenvalue weighted by Crippen LogP contribution is 2.10. The number of methoxy groups -OCH3 is 1. The Balaban J connectivity index is 0.00000484. The molecule has 1 atom stereocenters. The summed E-state index contributed by atoms with van der Waals surface area (Å²) in [6, 6.07) is 8.63. The van der Waals surface area contributed by atoms with Gasteiger partial charge < -0.3 is 15.4 Å². The first-order valence-electron chi connectivity index (χ1n) is 7.23. The van der Waals surface area contributed by atoms with E-state index < -0.39 is 9.84 Å². The van der Waals surface area contributed by atoms with E-state index in [9.17, 15) is 8.42 Å². The van der Waals surface area contributed by atoms with E-state index in [0.29, 0.717) is 30.4 Å². The predicted octanol–water partition coefficient (Wildman–Crippen LogP) is 1.67. The largest absolute Gasteiger partial charge is 0.383 e. The van der Waals surface area contributed by atoms with E-state index in [1.54, 1.807) is 44.5 Å². The molecule has 1 aromatic carbocycles. The van der Waals surface area contributed by atoms with Crippen molar-refractivity contribution in [2.45, 2.75) is 24.3 Å². The van der Waals surface area contributed by atoms with E-state index >= 15 is 0 Å². The molecule has 1 unspecified atom stereocenters. The van der Waals surface area contributed by atoms with Gasteiger partial charge in [-0.15, -0.1) is 24.0 Å². The van der Waals surface area contributed by atoms with E-state index in [1.165, 1.54) is 0 Å². The molecule has 0 aliphatic heterocycles. The monoisotopic (exact) mass is 455 g/mol. The van der Waals surface area contributed by atoms with E-state index in [1.807, 2.05) is 6.92 Å². The lowest BCUT2D eigenvalue weighted by Gasteiger charge is -2.17. The predicted molar refractivity (Wildman–Crippen MR) is 104 cm³/mol. The van der Waals surface area contributed by atoms with Crippen molar-refractivity contribution >= 4 is 39.8 Å². The van der Waals surface area contributed by atoms with Gasteiger partial charge in [-0.05, 0) is 25.5 Å². The Labute approximate surface area is 156 Å². The van der Waals surface area contributed by atoms with Gasteiger partial charge in [-0.25, -0.2) is 8.42 Å². The summed E-state index contributed by atoms with van der Waals surface area (Å²) in [6.45, 7) is 3.09. The Hall–Kier alpha value is -0.870. The SMILES string of the molecule is CN=C(NCCCS(=O)(=O)c1ccccc1)NC(C)COC.I. The van der Waals surface area contributed by atoms with Crippen LogP contribution in [0.1, 0.15) is 13.3 Å². The number of aliphatic imine (C=N–C) groups is 1. The maximum atomic E-state index is 12.1. The number of nitrogens with one attached hydrogen (secondary N) is 2. The number of sulfone groups is 1. The molecular formula is C15H26IN3O3S. The third kappa shape index (κ3) is 8.52. The molecule has 132 valence electrons. The van der Waals surface area contributed by atoms with E-state index in [2.05, 4.69) is 15.6 Å². The van der Waals surface area contributed by atoms with Crippen LogP contribution in [-0.4, -0.2) is 53.5 Å². The number of benzene rings is 1. The Bertz CT molecular complexity index is 565. The minimum atomic E-state index is -3.22. The molecule has 8 heteroatoms. The summed E-state index contributed by atoms with van der Waals surface area (Å²) in [5.74, 6) is 0.746. The van der Waals surface area contributed by atoms with Crippen molar-refractivity contribution in [2.24, 2.45) is 4.99 Å². The van der Waals surface area contributed by atoms with Crippen LogP contribution >= 0.6 is 24.0 Å². The molecule has 0 aliphatic rings. The zero-order chi connectivity index (χ0) is 16.4. The molecule has 2 N–H and O–H groups in total. The maximum absolute atomic E-state index is 12.1. The highest BCUT2D eigenvalue weighted by Gasteiger charge is 2.13. The fourth-order valence-electron chi connectivity index (χ4n) is 1.93. The van der Waals surface area contributed by atoms with Crippen molar-refractivity contribution in [1.29, 1.82) is 0 Å². The molecule has 0 fully saturated rings. The molecule has 0 saturated heterocycles. The van der Waals surface area contributed by atoms with Crippen LogP contribution < -0.4 is 10.6 Å². The summed E-state index contributed by atoms with van der Waals surface area (Å²) in [5, 5.41) is 6.26. The van der Waals surface area contributed by atoms with E-state index in [0.717, 1.165) is 0 Å². The summed E-state index contributed by atoms with van der Waals surface area (Å²) < 4.78 is 29.3. The van der Waals surface area contributed by atoms with Crippen LogP contribution in [-0.2, 0) is 14.6 Å². The van der Waals surface area contributed by atoms with E-state index in [4.69, 9.17) is 4.74 Å². The standard InChI is InChI=1S/C15H25N3O3S.HI/c1-13(12-21-3)18-15(16-2)17-10-7-11-22(19,20)14-8-5-4-6-9-14;/h4-6,8-9,13H,7,10-12H2,1-3H3,(H2,16,17,18);1H. The van der Waals surface area contributed by atoms with Gasteiger partial charge in [0.1, 0.15) is 0 Å². The molecule has 0 bridgehead atoms. The Morgan fingerprint density at radius 2 is 1.96 bits per heavy atom. The minimum Gasteiger partial charge on any atom is -0.383 e. The van der Waals surface area contributed by atoms with Gasteiger partial charge in [0.15, 0.2) is 15.8 Å². The van der Waals surface area contributed by atoms with Gasteiger partial charge >= 0.3 is 0 Å². The first kappa shape index (κ1) is 22.1. The van der Waals surface area contributed by atoms with Gasteiger partial charge in [-0.3, -0.25) is 4.99 Å². The third-order valence-electron chi connectivity index (χ3n) is 3.01. The molecule has 1 aromatic rings. The van der Waals surface area contributed by atoms with Crippen molar-refractivity contribution < 1.29 is 13.2 Å². The summed E-state index contributed by atoms with van der Waals surface area (Å²) in [5.41, 5.74) is 0. The van der Waals surface area contributed by atoms with Crippen molar-refractivity contribution in [1.82, 2.24) is 10.6 Å².